The molecule has 9 rings (SSSR count). The summed E-state index contributed by atoms with van der Waals surface area (Å²) in [5.74, 6) is 7.86. The summed E-state index contributed by atoms with van der Waals surface area (Å²) in [4.78, 5) is 0. The summed E-state index contributed by atoms with van der Waals surface area (Å²) in [5, 5.41) is 2.61. The molecule has 2 heteroatoms. The summed E-state index contributed by atoms with van der Waals surface area (Å²) in [6.07, 6.45) is 27.9. The summed E-state index contributed by atoms with van der Waals surface area (Å²) in [6.45, 7) is 15.6. The molecule has 210 valence electrons. The molecule has 0 aliphatic heterocycles. The summed E-state index contributed by atoms with van der Waals surface area (Å²) >= 11 is 0. The Morgan fingerprint density at radius 3 is 1.24 bits per heavy atom. The normalized spacial score (nSPS) is 49.7. The van der Waals surface area contributed by atoms with Crippen LogP contribution in [0, 0.1) is 41.4 Å². The van der Waals surface area contributed by atoms with E-state index in [0.717, 1.165) is 57.4 Å². The van der Waals surface area contributed by atoms with Crippen molar-refractivity contribution in [3.63, 3.8) is 0 Å². The van der Waals surface area contributed by atoms with Gasteiger partial charge in [0.25, 0.3) is 0 Å². The summed E-state index contributed by atoms with van der Waals surface area (Å²) in [5.41, 5.74) is 1.13. The Bertz CT molecular complexity index is 729. The van der Waals surface area contributed by atoms with E-state index in [4.69, 9.17) is 0 Å². The van der Waals surface area contributed by atoms with E-state index in [0.29, 0.717) is 10.3 Å². The molecular formula is C35H60P2. The molecule has 0 heterocycles. The van der Waals surface area contributed by atoms with E-state index in [9.17, 15) is 0 Å². The molecule has 0 saturated heterocycles. The predicted octanol–water partition coefficient (Wildman–Crippen LogP) is 11.0. The van der Waals surface area contributed by atoms with E-state index >= 15 is 0 Å². The highest BCUT2D eigenvalue weighted by molar-refractivity contribution is 7.62. The third-order valence-electron chi connectivity index (χ3n) is 13.3. The van der Waals surface area contributed by atoms with Crippen LogP contribution in [0.4, 0.5) is 0 Å². The first-order chi connectivity index (χ1) is 17.4. The lowest BCUT2D eigenvalue weighted by Gasteiger charge is -2.70. The Hall–Kier alpha value is 0.860. The fourth-order valence-corrected chi connectivity index (χ4v) is 23.9. The van der Waals surface area contributed by atoms with E-state index in [1.165, 1.54) is 0 Å². The van der Waals surface area contributed by atoms with Crippen molar-refractivity contribution < 1.29 is 0 Å². The van der Waals surface area contributed by atoms with Crippen molar-refractivity contribution in [2.24, 2.45) is 41.4 Å². The molecule has 0 nitrogen and oxygen atoms in total. The fraction of sp³-hybridized carbons (Fsp3) is 1.00. The minimum atomic E-state index is 0.0270. The van der Waals surface area contributed by atoms with Gasteiger partial charge in [0.2, 0.25) is 0 Å². The second kappa shape index (κ2) is 9.18. The van der Waals surface area contributed by atoms with Gasteiger partial charge in [0.1, 0.15) is 0 Å². The molecule has 9 fully saturated rings. The number of rotatable bonds is 5. The van der Waals surface area contributed by atoms with Crippen LogP contribution in [-0.2, 0) is 0 Å². The van der Waals surface area contributed by atoms with E-state index in [1.54, 1.807) is 109 Å². The first kappa shape index (κ1) is 26.7. The first-order valence-electron chi connectivity index (χ1n) is 17.0. The standard InChI is InChI=1S/C35H60P2/c1-32(2,3)36(33(4,5)6)23-30-9-7-8-10-31(30)37(34-17-24-11-25(18-34)13-26(12-24)19-34)35-20-27-14-28(21-35)16-29(15-27)22-35/h24-31H,7-23H2,1-6H3/t24?,25?,26?,27?,28?,29?,30-,31-,34?,35?,37?/m1/s1. The van der Waals surface area contributed by atoms with E-state index in [-0.39, 0.29) is 15.8 Å². The van der Waals surface area contributed by atoms with Crippen LogP contribution in [0.25, 0.3) is 0 Å². The molecule has 9 aliphatic carbocycles. The van der Waals surface area contributed by atoms with Gasteiger partial charge in [0.05, 0.1) is 0 Å². The van der Waals surface area contributed by atoms with Crippen molar-refractivity contribution in [1.82, 2.24) is 0 Å². The lowest BCUT2D eigenvalue weighted by Crippen LogP contribution is -2.58. The monoisotopic (exact) mass is 542 g/mol. The van der Waals surface area contributed by atoms with Gasteiger partial charge < -0.3 is 0 Å². The molecule has 9 saturated carbocycles. The number of hydrogen-bond donors (Lipinski definition) is 0. The van der Waals surface area contributed by atoms with Crippen molar-refractivity contribution in [1.29, 1.82) is 0 Å². The summed E-state index contributed by atoms with van der Waals surface area (Å²) in [6, 6.07) is 0. The van der Waals surface area contributed by atoms with Gasteiger partial charge in [-0.1, -0.05) is 70.2 Å². The van der Waals surface area contributed by atoms with Crippen molar-refractivity contribution in [2.75, 3.05) is 6.16 Å². The van der Waals surface area contributed by atoms with Crippen LogP contribution in [0.3, 0.4) is 0 Å². The van der Waals surface area contributed by atoms with Gasteiger partial charge >= 0.3 is 0 Å². The van der Waals surface area contributed by atoms with Gasteiger partial charge in [-0.25, -0.2) is 0 Å². The Kier molecular flexibility index (Phi) is 6.63. The molecule has 9 aliphatic rings. The minimum absolute atomic E-state index is 0.0270. The molecule has 0 radical (unpaired) electrons. The molecule has 0 aromatic rings. The SMILES string of the molecule is CC(C)(C)P(C[C@H]1CCCC[C@H]1P(C12CC3CC(CC(C3)C1)C2)C12CC3CC(CC(C3)C1)C2)C(C)(C)C. The van der Waals surface area contributed by atoms with Gasteiger partial charge in [-0.2, -0.15) is 0 Å². The minimum Gasteiger partial charge on any atom is -0.0953 e. The maximum atomic E-state index is 2.60. The van der Waals surface area contributed by atoms with Gasteiger partial charge in [0.15, 0.2) is 0 Å². The Morgan fingerprint density at radius 2 is 0.892 bits per heavy atom. The Balaban J connectivity index is 1.29. The highest BCUT2D eigenvalue weighted by Crippen LogP contribution is 2.82. The molecule has 0 spiro atoms. The van der Waals surface area contributed by atoms with Crippen LogP contribution in [0.2, 0.25) is 0 Å². The van der Waals surface area contributed by atoms with Crippen LogP contribution in [-0.4, -0.2) is 32.4 Å². The molecule has 0 unspecified atom stereocenters. The quantitative estimate of drug-likeness (QED) is 0.303. The average molecular weight is 543 g/mol. The highest BCUT2D eigenvalue weighted by Gasteiger charge is 2.64. The molecule has 2 atom stereocenters. The average Bonchev–Trinajstić information content (AvgIpc) is 2.74. The van der Waals surface area contributed by atoms with E-state index < -0.39 is 0 Å². The molecule has 0 aromatic carbocycles. The van der Waals surface area contributed by atoms with Crippen LogP contribution < -0.4 is 0 Å². The Labute approximate surface area is 233 Å². The zero-order valence-corrected chi connectivity index (χ0v) is 27.3. The van der Waals surface area contributed by atoms with Crippen LogP contribution in [0.5, 0.6) is 0 Å². The van der Waals surface area contributed by atoms with Crippen LogP contribution in [0.1, 0.15) is 144 Å². The zero-order valence-electron chi connectivity index (χ0n) is 25.5. The third-order valence-corrected chi connectivity index (χ3v) is 21.8. The van der Waals surface area contributed by atoms with Gasteiger partial charge in [0, 0.05) is 0 Å². The van der Waals surface area contributed by atoms with E-state index in [1.807, 2.05) is 0 Å². The van der Waals surface area contributed by atoms with Crippen LogP contribution >= 0.6 is 15.8 Å². The second-order valence-corrected chi connectivity index (χ2v) is 25.4. The van der Waals surface area contributed by atoms with Gasteiger partial charge in [-0.05, 0) is 164 Å². The zero-order chi connectivity index (χ0) is 25.8. The smallest absolute Gasteiger partial charge is 0.00789 e. The van der Waals surface area contributed by atoms with E-state index in [2.05, 4.69) is 41.5 Å². The Morgan fingerprint density at radius 1 is 0.541 bits per heavy atom. The first-order valence-corrected chi connectivity index (χ1v) is 19.9. The molecule has 0 aromatic heterocycles. The molecular weight excluding hydrogens is 482 g/mol. The van der Waals surface area contributed by atoms with Gasteiger partial charge in [-0.15, -0.1) is 0 Å². The summed E-state index contributed by atoms with van der Waals surface area (Å²) in [7, 11) is 0.169. The molecule has 8 bridgehead atoms. The molecule has 37 heavy (non-hydrogen) atoms. The largest absolute Gasteiger partial charge is 0.0953 e. The van der Waals surface area contributed by atoms with Crippen LogP contribution in [0.15, 0.2) is 0 Å². The highest BCUT2D eigenvalue weighted by atomic mass is 31.1. The predicted molar refractivity (Wildman–Crippen MR) is 166 cm³/mol. The van der Waals surface area contributed by atoms with Crippen molar-refractivity contribution >= 4 is 15.8 Å². The molecule has 0 amide bonds. The fourth-order valence-electron chi connectivity index (χ4n) is 13.5. The maximum Gasteiger partial charge on any atom is -0.00789 e. The maximum absolute atomic E-state index is 2.60. The molecule has 0 N–H and O–H groups in total. The van der Waals surface area contributed by atoms with Crippen molar-refractivity contribution in [3.05, 3.63) is 0 Å². The second-order valence-electron chi connectivity index (χ2n) is 18.2. The number of hydrogen-bond acceptors (Lipinski definition) is 0. The topological polar surface area (TPSA) is 0 Å². The van der Waals surface area contributed by atoms with Crippen molar-refractivity contribution in [2.45, 2.75) is 171 Å². The van der Waals surface area contributed by atoms with Crippen molar-refractivity contribution in [3.8, 4) is 0 Å². The lowest BCUT2D eigenvalue weighted by molar-refractivity contribution is 0.0171. The summed E-state index contributed by atoms with van der Waals surface area (Å²) < 4.78 is 0. The van der Waals surface area contributed by atoms with Gasteiger partial charge in [-0.3, -0.25) is 0 Å². The third kappa shape index (κ3) is 4.68. The lowest BCUT2D eigenvalue weighted by atomic mass is 9.55.